The molecule has 40 heavy (non-hydrogen) atoms. The summed E-state index contributed by atoms with van der Waals surface area (Å²) in [6, 6.07) is 19.1. The molecule has 0 aliphatic rings. The normalized spacial score (nSPS) is 12.3. The number of nitrogens with zero attached hydrogens (tertiary/aromatic N) is 3. The van der Waals surface area contributed by atoms with Crippen molar-refractivity contribution in [1.82, 2.24) is 25.4 Å². The Kier molecular flexibility index (Phi) is 11.2. The van der Waals surface area contributed by atoms with Gasteiger partial charge in [-0.15, -0.1) is 0 Å². The van der Waals surface area contributed by atoms with Gasteiger partial charge >= 0.3 is 0 Å². The van der Waals surface area contributed by atoms with Crippen molar-refractivity contribution in [2.75, 3.05) is 46.6 Å². The van der Waals surface area contributed by atoms with Gasteiger partial charge in [0.2, 0.25) is 6.35 Å². The predicted molar refractivity (Wildman–Crippen MR) is 157 cm³/mol. The van der Waals surface area contributed by atoms with Gasteiger partial charge in [0.05, 0.1) is 48.9 Å². The molecule has 0 saturated heterocycles. The van der Waals surface area contributed by atoms with E-state index >= 15 is 0 Å². The molecule has 5 N–H and O–H groups in total. The van der Waals surface area contributed by atoms with E-state index in [-0.39, 0.29) is 5.91 Å². The number of nitrogens with two attached hydrogens (primary N) is 1. The van der Waals surface area contributed by atoms with Crippen molar-refractivity contribution >= 4 is 40.7 Å². The molecule has 2 heterocycles. The number of rotatable bonds is 15. The zero-order valence-electron chi connectivity index (χ0n) is 22.3. The molecule has 0 fully saturated rings. The molecule has 0 radical (unpaired) electrons. The van der Waals surface area contributed by atoms with Crippen LogP contribution in [0.1, 0.15) is 28.1 Å². The number of pyridine rings is 1. The molecule has 2 aromatic heterocycles. The Bertz CT molecular complexity index is 1410. The third-order valence-electron chi connectivity index (χ3n) is 5.83. The second-order valence-corrected chi connectivity index (χ2v) is 9.73. The van der Waals surface area contributed by atoms with Crippen LogP contribution in [0.3, 0.4) is 0 Å². The van der Waals surface area contributed by atoms with Gasteiger partial charge in [-0.3, -0.25) is 15.1 Å². The first kappa shape index (κ1) is 29.4. The number of amides is 1. The van der Waals surface area contributed by atoms with Crippen molar-refractivity contribution in [1.29, 1.82) is 0 Å². The minimum atomic E-state index is -1.09. The smallest absolute Gasteiger partial charge is 0.252 e. The van der Waals surface area contributed by atoms with Crippen LogP contribution in [-0.2, 0) is 9.47 Å². The molecule has 0 aliphatic heterocycles. The average molecular weight is 563 g/mol. The van der Waals surface area contributed by atoms with E-state index in [2.05, 4.69) is 15.6 Å². The quantitative estimate of drug-likeness (QED) is 0.127. The summed E-state index contributed by atoms with van der Waals surface area (Å²) in [5.41, 5.74) is 8.23. The van der Waals surface area contributed by atoms with Crippen molar-refractivity contribution in [3.63, 3.8) is 0 Å². The third kappa shape index (κ3) is 7.98. The van der Waals surface area contributed by atoms with Crippen LogP contribution in [0.25, 0.3) is 23.1 Å². The van der Waals surface area contributed by atoms with Crippen LogP contribution in [0.2, 0.25) is 0 Å². The Balaban J connectivity index is 1.56. The lowest BCUT2D eigenvalue weighted by Gasteiger charge is -2.15. The number of carbonyl (C=O) groups excluding carboxylic acids is 1. The maximum Gasteiger partial charge on any atom is 0.252 e. The van der Waals surface area contributed by atoms with Crippen LogP contribution in [0.15, 0.2) is 76.7 Å². The van der Waals surface area contributed by atoms with Gasteiger partial charge in [-0.25, -0.2) is 4.68 Å². The number of hydrogen-bond donors (Lipinski definition) is 4. The molecule has 1 amide bonds. The summed E-state index contributed by atoms with van der Waals surface area (Å²) in [7, 11) is 1.61. The van der Waals surface area contributed by atoms with E-state index < -0.39 is 6.35 Å². The Morgan fingerprint density at radius 1 is 1.07 bits per heavy atom. The maximum atomic E-state index is 12.4. The van der Waals surface area contributed by atoms with Gasteiger partial charge in [0.15, 0.2) is 0 Å². The van der Waals surface area contributed by atoms with Crippen molar-refractivity contribution in [2.45, 2.75) is 16.1 Å². The molecule has 4 rings (SSSR count). The first-order valence-corrected chi connectivity index (χ1v) is 13.8. The summed E-state index contributed by atoms with van der Waals surface area (Å²) in [4.78, 5) is 18.4. The molecule has 0 aliphatic carbocycles. The van der Waals surface area contributed by atoms with Crippen molar-refractivity contribution in [3.8, 4) is 0 Å². The number of aliphatic hydroxyl groups is 1. The Morgan fingerprint density at radius 2 is 1.88 bits per heavy atom. The van der Waals surface area contributed by atoms with Crippen molar-refractivity contribution < 1.29 is 19.4 Å². The predicted octanol–water partition coefficient (Wildman–Crippen LogP) is 3.14. The van der Waals surface area contributed by atoms with Crippen LogP contribution < -0.4 is 16.4 Å². The number of benzene rings is 2. The number of aromatic nitrogens is 3. The highest BCUT2D eigenvalue weighted by molar-refractivity contribution is 7.99. The van der Waals surface area contributed by atoms with E-state index in [1.54, 1.807) is 24.0 Å². The first-order valence-electron chi connectivity index (χ1n) is 13.0. The molecular weight excluding hydrogens is 528 g/mol. The topological polar surface area (TPSA) is 137 Å². The van der Waals surface area contributed by atoms with E-state index in [1.165, 1.54) is 11.8 Å². The fraction of sp³-hybridized carbons (Fsp3) is 0.276. The molecule has 1 unspecified atom stereocenters. The Labute approximate surface area is 237 Å². The fourth-order valence-electron chi connectivity index (χ4n) is 3.91. The van der Waals surface area contributed by atoms with E-state index in [0.717, 1.165) is 26.4 Å². The monoisotopic (exact) mass is 562 g/mol. The number of hydrogen-bond acceptors (Lipinski definition) is 9. The Morgan fingerprint density at radius 3 is 2.65 bits per heavy atom. The largest absolute Gasteiger partial charge is 0.378 e. The molecule has 0 bridgehead atoms. The molecule has 4 aromatic rings. The van der Waals surface area contributed by atoms with Gasteiger partial charge in [-0.05, 0) is 54.6 Å². The summed E-state index contributed by atoms with van der Waals surface area (Å²) in [5, 5.41) is 22.3. The zero-order chi connectivity index (χ0) is 28.2. The van der Waals surface area contributed by atoms with E-state index in [1.807, 2.05) is 66.7 Å². The van der Waals surface area contributed by atoms with Crippen LogP contribution in [0, 0.1) is 0 Å². The minimum absolute atomic E-state index is 0.149. The molecule has 2 aromatic carbocycles. The SMILES string of the molecule is CNC(=O)c1ccccc1Sc1ccc2c(/C=C/c3ccccn3)nn(C(O)NCCOCCOCCN)c2c1. The highest BCUT2D eigenvalue weighted by atomic mass is 32.2. The summed E-state index contributed by atoms with van der Waals surface area (Å²) in [5.74, 6) is -0.149. The highest BCUT2D eigenvalue weighted by Gasteiger charge is 2.17. The van der Waals surface area contributed by atoms with Crippen LogP contribution in [0.5, 0.6) is 0 Å². The summed E-state index contributed by atoms with van der Waals surface area (Å²) < 4.78 is 12.4. The number of nitrogens with one attached hydrogen (secondary N) is 2. The standard InChI is InChI=1S/C29H34N6O4S/c1-31-28(36)24-7-2-3-8-27(24)40-22-10-11-23-25(12-9-21-6-4-5-14-32-21)34-35(26(23)20-22)29(37)33-15-17-39-19-18-38-16-13-30/h2-12,14,20,29,33,37H,13,15-19,30H2,1H3,(H,31,36)/b12-9+. The number of carbonyl (C=O) groups is 1. The Hall–Kier alpha value is -3.58. The van der Waals surface area contributed by atoms with E-state index in [9.17, 15) is 9.90 Å². The first-order chi connectivity index (χ1) is 19.6. The van der Waals surface area contributed by atoms with Gasteiger partial charge in [0.1, 0.15) is 0 Å². The number of aliphatic hydroxyl groups excluding tert-OH is 1. The second kappa shape index (κ2) is 15.3. The van der Waals surface area contributed by atoms with Crippen LogP contribution in [0.4, 0.5) is 0 Å². The summed E-state index contributed by atoms with van der Waals surface area (Å²) >= 11 is 1.47. The van der Waals surface area contributed by atoms with Crippen LogP contribution >= 0.6 is 11.8 Å². The van der Waals surface area contributed by atoms with Crippen molar-refractivity contribution in [2.24, 2.45) is 5.73 Å². The average Bonchev–Trinajstić information content (AvgIpc) is 3.35. The highest BCUT2D eigenvalue weighted by Crippen LogP contribution is 2.34. The molecule has 1 atom stereocenters. The lowest BCUT2D eigenvalue weighted by atomic mass is 10.2. The van der Waals surface area contributed by atoms with E-state index in [0.29, 0.717) is 50.8 Å². The van der Waals surface area contributed by atoms with Gasteiger partial charge in [0.25, 0.3) is 5.91 Å². The number of fused-ring (bicyclic) bond motifs is 1. The molecule has 0 spiro atoms. The maximum absolute atomic E-state index is 12.4. The minimum Gasteiger partial charge on any atom is -0.378 e. The lowest BCUT2D eigenvalue weighted by molar-refractivity contribution is 0.0291. The second-order valence-electron chi connectivity index (χ2n) is 8.62. The fourth-order valence-corrected chi connectivity index (χ4v) is 4.89. The lowest BCUT2D eigenvalue weighted by Crippen LogP contribution is -2.30. The molecular formula is C29H34N6O4S. The molecule has 11 heteroatoms. The van der Waals surface area contributed by atoms with Gasteiger partial charge in [-0.1, -0.05) is 30.0 Å². The zero-order valence-corrected chi connectivity index (χ0v) is 23.1. The van der Waals surface area contributed by atoms with Gasteiger partial charge in [-0.2, -0.15) is 5.10 Å². The number of ether oxygens (including phenoxy) is 2. The summed E-state index contributed by atoms with van der Waals surface area (Å²) in [6.45, 7) is 2.70. The molecule has 0 saturated carbocycles. The van der Waals surface area contributed by atoms with Crippen molar-refractivity contribution in [3.05, 3.63) is 83.8 Å². The van der Waals surface area contributed by atoms with Crippen LogP contribution in [-0.4, -0.2) is 72.3 Å². The van der Waals surface area contributed by atoms with E-state index in [4.69, 9.17) is 20.3 Å². The van der Waals surface area contributed by atoms with Gasteiger partial charge in [0, 0.05) is 41.5 Å². The third-order valence-corrected chi connectivity index (χ3v) is 6.90. The summed E-state index contributed by atoms with van der Waals surface area (Å²) in [6.07, 6.45) is 4.41. The van der Waals surface area contributed by atoms with Gasteiger partial charge < -0.3 is 25.6 Å². The molecule has 10 nitrogen and oxygen atoms in total. The molecule has 210 valence electrons.